The van der Waals surface area contributed by atoms with E-state index in [9.17, 15) is 14.4 Å². The van der Waals surface area contributed by atoms with Gasteiger partial charge in [-0.2, -0.15) is 0 Å². The Hall–Kier alpha value is -2.44. The fraction of sp³-hybridized carbons (Fsp3) is 0.273. The minimum Gasteiger partial charge on any atom is -0.480 e. The van der Waals surface area contributed by atoms with Crippen LogP contribution in [0.2, 0.25) is 0 Å². The van der Waals surface area contributed by atoms with Gasteiger partial charge in [-0.1, -0.05) is 0 Å². The van der Waals surface area contributed by atoms with Crippen LogP contribution in [0.1, 0.15) is 16.1 Å². The minimum absolute atomic E-state index is 0.194. The second-order valence-electron chi connectivity index (χ2n) is 3.59. The molecule has 0 fully saturated rings. The van der Waals surface area contributed by atoms with Gasteiger partial charge in [0.1, 0.15) is 13.1 Å². The van der Waals surface area contributed by atoms with Crippen LogP contribution in [0.25, 0.3) is 0 Å². The maximum absolute atomic E-state index is 12.0. The standard InChI is InChI=1S/C11H12N2O5/c1-7-8(3-2-4-12-7)11(18)13(5-9(14)15)6-10(16)17/h2-4H,5-6H2,1H3,(H,14,15)(H,16,17). The summed E-state index contributed by atoms with van der Waals surface area (Å²) in [6.07, 6.45) is 1.49. The number of aryl methyl sites for hydroxylation is 1. The topological polar surface area (TPSA) is 108 Å². The molecule has 0 bridgehead atoms. The molecule has 18 heavy (non-hydrogen) atoms. The molecule has 1 rings (SSSR count). The van der Waals surface area contributed by atoms with E-state index in [1.165, 1.54) is 18.3 Å². The Kier molecular flexibility index (Phi) is 4.36. The van der Waals surface area contributed by atoms with Gasteiger partial charge in [-0.3, -0.25) is 19.4 Å². The number of hydrogen-bond acceptors (Lipinski definition) is 4. The Morgan fingerprint density at radius 1 is 1.22 bits per heavy atom. The summed E-state index contributed by atoms with van der Waals surface area (Å²) in [6, 6.07) is 3.00. The van der Waals surface area contributed by atoms with Crippen LogP contribution >= 0.6 is 0 Å². The number of pyridine rings is 1. The third kappa shape index (κ3) is 3.55. The first-order chi connectivity index (χ1) is 8.41. The molecule has 0 spiro atoms. The number of hydrogen-bond donors (Lipinski definition) is 2. The van der Waals surface area contributed by atoms with Gasteiger partial charge in [0.2, 0.25) is 0 Å². The van der Waals surface area contributed by atoms with Gasteiger partial charge in [-0.15, -0.1) is 0 Å². The molecule has 96 valence electrons. The van der Waals surface area contributed by atoms with E-state index in [2.05, 4.69) is 4.98 Å². The lowest BCUT2D eigenvalue weighted by Gasteiger charge is -2.19. The van der Waals surface area contributed by atoms with Crippen LogP contribution in [-0.2, 0) is 9.59 Å². The Balaban J connectivity index is 2.98. The molecule has 0 aliphatic rings. The molecular weight excluding hydrogens is 240 g/mol. The molecule has 0 saturated carbocycles. The van der Waals surface area contributed by atoms with E-state index in [4.69, 9.17) is 10.2 Å². The molecule has 1 amide bonds. The number of carboxylic acid groups (broad SMARTS) is 2. The lowest BCUT2D eigenvalue weighted by molar-refractivity contribution is -0.140. The number of aliphatic carboxylic acids is 2. The van der Waals surface area contributed by atoms with Crippen molar-refractivity contribution in [3.05, 3.63) is 29.6 Å². The Morgan fingerprint density at radius 3 is 2.22 bits per heavy atom. The van der Waals surface area contributed by atoms with E-state index in [0.717, 1.165) is 4.90 Å². The molecule has 0 aliphatic carbocycles. The van der Waals surface area contributed by atoms with Crippen molar-refractivity contribution in [1.82, 2.24) is 9.88 Å². The quantitative estimate of drug-likeness (QED) is 0.763. The number of nitrogens with zero attached hydrogens (tertiary/aromatic N) is 2. The highest BCUT2D eigenvalue weighted by Crippen LogP contribution is 2.08. The summed E-state index contributed by atoms with van der Waals surface area (Å²) >= 11 is 0. The van der Waals surface area contributed by atoms with Crippen LogP contribution in [-0.4, -0.2) is 51.0 Å². The average Bonchev–Trinajstić information content (AvgIpc) is 2.26. The Bertz CT molecular complexity index is 470. The summed E-state index contributed by atoms with van der Waals surface area (Å²) < 4.78 is 0. The number of aromatic nitrogens is 1. The van der Waals surface area contributed by atoms with E-state index >= 15 is 0 Å². The van der Waals surface area contributed by atoms with Crippen molar-refractivity contribution in [1.29, 1.82) is 0 Å². The lowest BCUT2D eigenvalue weighted by atomic mass is 10.2. The summed E-state index contributed by atoms with van der Waals surface area (Å²) in [4.78, 5) is 37.9. The summed E-state index contributed by atoms with van der Waals surface area (Å²) in [6.45, 7) is 0.256. The van der Waals surface area contributed by atoms with Crippen LogP contribution in [0.3, 0.4) is 0 Å². The van der Waals surface area contributed by atoms with Gasteiger partial charge in [-0.25, -0.2) is 0 Å². The zero-order chi connectivity index (χ0) is 13.7. The molecule has 1 heterocycles. The normalized spacial score (nSPS) is 9.83. The van der Waals surface area contributed by atoms with Gasteiger partial charge < -0.3 is 15.1 Å². The number of carboxylic acids is 2. The van der Waals surface area contributed by atoms with E-state index in [-0.39, 0.29) is 5.56 Å². The predicted molar refractivity (Wildman–Crippen MR) is 60.1 cm³/mol. The van der Waals surface area contributed by atoms with Gasteiger partial charge in [0.25, 0.3) is 5.91 Å². The molecule has 1 aromatic rings. The number of amides is 1. The Morgan fingerprint density at radius 2 is 1.78 bits per heavy atom. The molecule has 0 atom stereocenters. The molecule has 0 radical (unpaired) electrons. The maximum Gasteiger partial charge on any atom is 0.323 e. The second-order valence-corrected chi connectivity index (χ2v) is 3.59. The molecule has 1 aromatic heterocycles. The van der Waals surface area contributed by atoms with Crippen molar-refractivity contribution in [2.24, 2.45) is 0 Å². The number of carbonyl (C=O) groups excluding carboxylic acids is 1. The highest BCUT2D eigenvalue weighted by Gasteiger charge is 2.22. The van der Waals surface area contributed by atoms with Gasteiger partial charge >= 0.3 is 11.9 Å². The minimum atomic E-state index is -1.27. The highest BCUT2D eigenvalue weighted by molar-refractivity contribution is 5.98. The van der Waals surface area contributed by atoms with Crippen molar-refractivity contribution >= 4 is 17.8 Å². The Labute approximate surface area is 103 Å². The van der Waals surface area contributed by atoms with Crippen LogP contribution in [0.4, 0.5) is 0 Å². The van der Waals surface area contributed by atoms with Gasteiger partial charge in [-0.05, 0) is 19.1 Å². The molecule has 0 saturated heterocycles. The largest absolute Gasteiger partial charge is 0.480 e. The van der Waals surface area contributed by atoms with E-state index in [1.54, 1.807) is 6.92 Å². The van der Waals surface area contributed by atoms with Crippen LogP contribution in [0, 0.1) is 6.92 Å². The van der Waals surface area contributed by atoms with Crippen molar-refractivity contribution in [3.8, 4) is 0 Å². The van der Waals surface area contributed by atoms with Crippen LogP contribution in [0.15, 0.2) is 18.3 Å². The molecule has 0 aromatic carbocycles. The summed E-state index contributed by atoms with van der Waals surface area (Å²) in [7, 11) is 0. The summed E-state index contributed by atoms with van der Waals surface area (Å²) in [5.74, 6) is -3.21. The number of rotatable bonds is 5. The lowest BCUT2D eigenvalue weighted by Crippen LogP contribution is -2.39. The highest BCUT2D eigenvalue weighted by atomic mass is 16.4. The summed E-state index contributed by atoms with van der Waals surface area (Å²) in [5, 5.41) is 17.3. The van der Waals surface area contributed by atoms with Crippen molar-refractivity contribution in [3.63, 3.8) is 0 Å². The summed E-state index contributed by atoms with van der Waals surface area (Å²) in [5.41, 5.74) is 0.614. The second kappa shape index (κ2) is 5.76. The zero-order valence-corrected chi connectivity index (χ0v) is 9.66. The van der Waals surface area contributed by atoms with Crippen molar-refractivity contribution in [2.75, 3.05) is 13.1 Å². The van der Waals surface area contributed by atoms with E-state index in [0.29, 0.717) is 5.69 Å². The van der Waals surface area contributed by atoms with Crippen LogP contribution in [0.5, 0.6) is 0 Å². The van der Waals surface area contributed by atoms with Crippen molar-refractivity contribution < 1.29 is 24.6 Å². The number of carbonyl (C=O) groups is 3. The third-order valence-electron chi connectivity index (χ3n) is 2.18. The molecule has 7 nitrogen and oxygen atoms in total. The van der Waals surface area contributed by atoms with Crippen LogP contribution < -0.4 is 0 Å². The monoisotopic (exact) mass is 252 g/mol. The van der Waals surface area contributed by atoms with Gasteiger partial charge in [0, 0.05) is 11.9 Å². The fourth-order valence-electron chi connectivity index (χ4n) is 1.41. The zero-order valence-electron chi connectivity index (χ0n) is 9.66. The fourth-order valence-corrected chi connectivity index (χ4v) is 1.41. The smallest absolute Gasteiger partial charge is 0.323 e. The molecule has 0 aliphatic heterocycles. The van der Waals surface area contributed by atoms with Gasteiger partial charge in [0.05, 0.1) is 5.56 Å². The predicted octanol–water partition coefficient (Wildman–Crippen LogP) is 0.00142. The van der Waals surface area contributed by atoms with Gasteiger partial charge in [0.15, 0.2) is 0 Å². The first-order valence-corrected chi connectivity index (χ1v) is 5.06. The van der Waals surface area contributed by atoms with E-state index in [1.807, 2.05) is 0 Å². The SMILES string of the molecule is Cc1ncccc1C(=O)N(CC(=O)O)CC(=O)O. The molecule has 0 unspecified atom stereocenters. The maximum atomic E-state index is 12.0. The molecular formula is C11H12N2O5. The first-order valence-electron chi connectivity index (χ1n) is 5.06. The molecule has 7 heteroatoms. The first kappa shape index (κ1) is 13.6. The average molecular weight is 252 g/mol. The van der Waals surface area contributed by atoms with Crippen molar-refractivity contribution in [2.45, 2.75) is 6.92 Å². The molecule has 2 N–H and O–H groups in total. The third-order valence-corrected chi connectivity index (χ3v) is 2.18. The van der Waals surface area contributed by atoms with E-state index < -0.39 is 30.9 Å².